The van der Waals surface area contributed by atoms with Crippen molar-refractivity contribution in [3.05, 3.63) is 76.7 Å². The van der Waals surface area contributed by atoms with Crippen molar-refractivity contribution in [3.8, 4) is 0 Å². The molecule has 0 aliphatic carbocycles. The first-order valence-corrected chi connectivity index (χ1v) is 10.4. The Hall–Kier alpha value is -3.41. The van der Waals surface area contributed by atoms with E-state index >= 15 is 0 Å². The quantitative estimate of drug-likeness (QED) is 0.564. The van der Waals surface area contributed by atoms with Crippen LogP contribution >= 0.6 is 0 Å². The number of halogens is 1. The van der Waals surface area contributed by atoms with Gasteiger partial charge in [-0.25, -0.2) is 9.18 Å². The summed E-state index contributed by atoms with van der Waals surface area (Å²) in [6.45, 7) is 9.37. The Morgan fingerprint density at radius 1 is 1.13 bits per heavy atom. The van der Waals surface area contributed by atoms with Crippen molar-refractivity contribution in [1.29, 1.82) is 0 Å². The average molecular weight is 420 g/mol. The maximum Gasteiger partial charge on any atom is 0.329 e. The van der Waals surface area contributed by atoms with E-state index in [2.05, 4.69) is 50.1 Å². The fourth-order valence-electron chi connectivity index (χ4n) is 4.45. The molecule has 0 bridgehead atoms. The normalized spacial score (nSPS) is 18.9. The van der Waals surface area contributed by atoms with E-state index in [1.165, 1.54) is 11.6 Å². The largest absolute Gasteiger partial charge is 0.363 e. The molecule has 0 unspecified atom stereocenters. The third kappa shape index (κ3) is 3.74. The number of urea groups is 1. The highest BCUT2D eigenvalue weighted by molar-refractivity contribution is 6.14. The van der Waals surface area contributed by atoms with Gasteiger partial charge in [-0.3, -0.25) is 9.69 Å². The molecule has 0 spiro atoms. The van der Waals surface area contributed by atoms with E-state index in [0.29, 0.717) is 5.56 Å². The number of nitrogens with zero attached hydrogens (tertiary/aromatic N) is 2. The van der Waals surface area contributed by atoms with Crippen LogP contribution in [-0.2, 0) is 11.3 Å². The van der Waals surface area contributed by atoms with Crippen molar-refractivity contribution < 1.29 is 14.0 Å². The molecule has 1 N–H and O–H groups in total. The Kier molecular flexibility index (Phi) is 5.17. The van der Waals surface area contributed by atoms with Crippen LogP contribution in [-0.4, -0.2) is 28.9 Å². The van der Waals surface area contributed by atoms with Gasteiger partial charge in [-0.1, -0.05) is 30.3 Å². The smallest absolute Gasteiger partial charge is 0.329 e. The summed E-state index contributed by atoms with van der Waals surface area (Å²) in [6, 6.07) is 11.6. The van der Waals surface area contributed by atoms with Crippen molar-refractivity contribution >= 4 is 29.3 Å². The molecule has 3 amide bonds. The minimum Gasteiger partial charge on any atom is -0.363 e. The summed E-state index contributed by atoms with van der Waals surface area (Å²) >= 11 is 0. The van der Waals surface area contributed by atoms with Crippen molar-refractivity contribution in [2.45, 2.75) is 39.8 Å². The third-order valence-electron chi connectivity index (χ3n) is 5.88. The summed E-state index contributed by atoms with van der Waals surface area (Å²) < 4.78 is 14.0. The van der Waals surface area contributed by atoms with Crippen molar-refractivity contribution in [3.63, 3.8) is 0 Å². The molecule has 0 aromatic heterocycles. The Morgan fingerprint density at radius 3 is 2.58 bits per heavy atom. The van der Waals surface area contributed by atoms with E-state index in [4.69, 9.17) is 0 Å². The van der Waals surface area contributed by atoms with Crippen LogP contribution in [0.3, 0.4) is 0 Å². The van der Waals surface area contributed by atoms with Gasteiger partial charge >= 0.3 is 6.03 Å². The summed E-state index contributed by atoms with van der Waals surface area (Å²) in [5, 5.41) is 2.62. The second-order valence-corrected chi connectivity index (χ2v) is 8.47. The SMILES string of the molecule is CCN1c2ccc(/C=C3\NC(=O)N(Cc4ccccc4F)C3=O)cc2C(C)=CC1(C)C. The molecule has 0 radical (unpaired) electrons. The number of anilines is 1. The molecule has 1 saturated heterocycles. The highest BCUT2D eigenvalue weighted by Gasteiger charge is 2.34. The highest BCUT2D eigenvalue weighted by atomic mass is 19.1. The Labute approximate surface area is 181 Å². The number of fused-ring (bicyclic) bond motifs is 1. The van der Waals surface area contributed by atoms with Gasteiger partial charge in [-0.05, 0) is 63.1 Å². The minimum atomic E-state index is -0.549. The zero-order valence-corrected chi connectivity index (χ0v) is 18.2. The van der Waals surface area contributed by atoms with E-state index in [1.807, 2.05) is 12.1 Å². The van der Waals surface area contributed by atoms with Gasteiger partial charge in [0, 0.05) is 23.4 Å². The fourth-order valence-corrected chi connectivity index (χ4v) is 4.45. The number of likely N-dealkylation sites (N-methyl/N-ethyl adjacent to an activating group) is 1. The minimum absolute atomic E-state index is 0.0750. The number of rotatable bonds is 4. The van der Waals surface area contributed by atoms with Crippen LogP contribution in [0.15, 0.2) is 54.2 Å². The number of carbonyl (C=O) groups is 2. The summed E-state index contributed by atoms with van der Waals surface area (Å²) in [5.41, 5.74) is 4.66. The lowest BCUT2D eigenvalue weighted by atomic mass is 9.88. The van der Waals surface area contributed by atoms with Crippen LogP contribution in [0.2, 0.25) is 0 Å². The maximum absolute atomic E-state index is 14.0. The molecule has 31 heavy (non-hydrogen) atoms. The van der Waals surface area contributed by atoms with Crippen LogP contribution in [0.25, 0.3) is 11.6 Å². The predicted octanol–water partition coefficient (Wildman–Crippen LogP) is 4.94. The van der Waals surface area contributed by atoms with Crippen molar-refractivity contribution in [2.24, 2.45) is 0 Å². The molecule has 5 nitrogen and oxygen atoms in total. The number of hydrogen-bond acceptors (Lipinski definition) is 3. The molecule has 4 rings (SSSR count). The number of imide groups is 1. The van der Waals surface area contributed by atoms with Gasteiger partial charge in [0.15, 0.2) is 0 Å². The fraction of sp³-hybridized carbons (Fsp3) is 0.280. The van der Waals surface area contributed by atoms with Crippen molar-refractivity contribution in [2.75, 3.05) is 11.4 Å². The molecular formula is C25H26FN3O2. The molecule has 2 aromatic rings. The topological polar surface area (TPSA) is 52.7 Å². The van der Waals surface area contributed by atoms with E-state index in [-0.39, 0.29) is 17.8 Å². The predicted molar refractivity (Wildman–Crippen MR) is 121 cm³/mol. The lowest BCUT2D eigenvalue weighted by Crippen LogP contribution is -2.44. The Morgan fingerprint density at radius 2 is 1.87 bits per heavy atom. The van der Waals surface area contributed by atoms with Gasteiger partial charge in [0.2, 0.25) is 0 Å². The monoisotopic (exact) mass is 419 g/mol. The summed E-state index contributed by atoms with van der Waals surface area (Å²) in [5.74, 6) is -0.907. The summed E-state index contributed by atoms with van der Waals surface area (Å²) in [6.07, 6.45) is 3.92. The van der Waals surface area contributed by atoms with Gasteiger partial charge in [-0.2, -0.15) is 0 Å². The number of nitrogens with one attached hydrogen (secondary N) is 1. The van der Waals surface area contributed by atoms with Crippen molar-refractivity contribution in [1.82, 2.24) is 10.2 Å². The second kappa shape index (κ2) is 7.69. The highest BCUT2D eigenvalue weighted by Crippen LogP contribution is 2.39. The first-order valence-electron chi connectivity index (χ1n) is 10.4. The Bertz CT molecular complexity index is 1130. The molecule has 0 saturated carbocycles. The van der Waals surface area contributed by atoms with Crippen LogP contribution in [0, 0.1) is 5.82 Å². The average Bonchev–Trinajstić information content (AvgIpc) is 2.97. The van der Waals surface area contributed by atoms with Crippen LogP contribution in [0.4, 0.5) is 14.9 Å². The molecule has 2 aliphatic heterocycles. The zero-order valence-electron chi connectivity index (χ0n) is 18.2. The number of benzene rings is 2. The first kappa shape index (κ1) is 20.8. The molecule has 6 heteroatoms. The molecule has 160 valence electrons. The lowest BCUT2D eigenvalue weighted by molar-refractivity contribution is -0.123. The molecule has 0 atom stereocenters. The van der Waals surface area contributed by atoms with E-state index in [9.17, 15) is 14.0 Å². The van der Waals surface area contributed by atoms with E-state index in [0.717, 1.165) is 28.3 Å². The molecule has 1 fully saturated rings. The van der Waals surface area contributed by atoms with Gasteiger partial charge in [0.1, 0.15) is 11.5 Å². The molecular weight excluding hydrogens is 393 g/mol. The number of allylic oxidation sites excluding steroid dienone is 1. The molecule has 2 heterocycles. The second-order valence-electron chi connectivity index (χ2n) is 8.47. The third-order valence-corrected chi connectivity index (χ3v) is 5.88. The standard InChI is InChI=1S/C25H26FN3O2/c1-5-29-22-11-10-17(12-19(22)16(2)14-25(29,3)4)13-21-23(30)28(24(31)27-21)15-18-8-6-7-9-20(18)26/h6-14H,5,15H2,1-4H3,(H,27,31)/b21-13-. The van der Waals surface area contributed by atoms with Gasteiger partial charge in [-0.15, -0.1) is 0 Å². The van der Waals surface area contributed by atoms with Gasteiger partial charge in [0.05, 0.1) is 12.1 Å². The van der Waals surface area contributed by atoms with Crippen LogP contribution in [0.5, 0.6) is 0 Å². The van der Waals surface area contributed by atoms with E-state index in [1.54, 1.807) is 24.3 Å². The first-order chi connectivity index (χ1) is 14.7. The van der Waals surface area contributed by atoms with Crippen LogP contribution < -0.4 is 10.2 Å². The number of amides is 3. The lowest BCUT2D eigenvalue weighted by Gasteiger charge is -2.42. The summed E-state index contributed by atoms with van der Waals surface area (Å²) in [7, 11) is 0. The summed E-state index contributed by atoms with van der Waals surface area (Å²) in [4.78, 5) is 28.5. The van der Waals surface area contributed by atoms with Gasteiger partial charge in [0.25, 0.3) is 5.91 Å². The number of carbonyl (C=O) groups excluding carboxylic acids is 2. The van der Waals surface area contributed by atoms with E-state index < -0.39 is 17.8 Å². The molecule has 2 aliphatic rings. The number of hydrogen-bond donors (Lipinski definition) is 1. The van der Waals surface area contributed by atoms with Crippen LogP contribution in [0.1, 0.15) is 44.4 Å². The molecule has 2 aromatic carbocycles. The maximum atomic E-state index is 14.0. The Balaban J connectivity index is 1.63. The zero-order chi connectivity index (χ0) is 22.3. The van der Waals surface area contributed by atoms with Gasteiger partial charge < -0.3 is 10.2 Å².